The van der Waals surface area contributed by atoms with Crippen molar-refractivity contribution in [1.82, 2.24) is 9.47 Å². The Kier molecular flexibility index (Phi) is 4.84. The Balaban J connectivity index is 2.19. The van der Waals surface area contributed by atoms with Crippen molar-refractivity contribution in [2.45, 2.75) is 33.4 Å². The molecule has 2 heterocycles. The van der Waals surface area contributed by atoms with Crippen molar-refractivity contribution >= 4 is 22.9 Å². The predicted octanol–water partition coefficient (Wildman–Crippen LogP) is 3.20. The van der Waals surface area contributed by atoms with Crippen LogP contribution in [0.25, 0.3) is 0 Å². The molecule has 0 aliphatic heterocycles. The third-order valence-corrected chi connectivity index (χ3v) is 4.06. The number of aryl methyl sites for hydroxylation is 1. The summed E-state index contributed by atoms with van der Waals surface area (Å²) in [5.41, 5.74) is 7.17. The van der Waals surface area contributed by atoms with Crippen molar-refractivity contribution in [3.63, 3.8) is 0 Å². The average molecular weight is 291 g/mol. The number of nitrogens with zero attached hydrogens (tertiary/aromatic N) is 2. The summed E-state index contributed by atoms with van der Waals surface area (Å²) in [6.45, 7) is 6.25. The fourth-order valence-corrected chi connectivity index (χ4v) is 2.94. The van der Waals surface area contributed by atoms with Crippen molar-refractivity contribution in [1.29, 1.82) is 0 Å². The van der Waals surface area contributed by atoms with Crippen molar-refractivity contribution in [3.8, 4) is 0 Å². The first kappa shape index (κ1) is 14.7. The molecule has 2 aromatic rings. The second-order valence-corrected chi connectivity index (χ2v) is 5.78. The lowest BCUT2D eigenvalue weighted by Crippen LogP contribution is -2.31. The molecule has 0 saturated carbocycles. The Hall–Kier alpha value is -1.75. The number of hydrogen-bond donors (Lipinski definition) is 1. The first-order valence-electron chi connectivity index (χ1n) is 6.93. The van der Waals surface area contributed by atoms with Crippen LogP contribution in [0.3, 0.4) is 0 Å². The lowest BCUT2D eigenvalue weighted by molar-refractivity contribution is 0.0743. The Labute approximate surface area is 123 Å². The number of nitrogens with two attached hydrogens (primary N) is 1. The van der Waals surface area contributed by atoms with E-state index in [1.165, 1.54) is 4.88 Å². The van der Waals surface area contributed by atoms with E-state index in [2.05, 4.69) is 13.0 Å². The maximum Gasteiger partial charge on any atom is 0.270 e. The van der Waals surface area contributed by atoms with Crippen LogP contribution >= 0.6 is 11.3 Å². The van der Waals surface area contributed by atoms with E-state index >= 15 is 0 Å². The summed E-state index contributed by atoms with van der Waals surface area (Å²) in [7, 11) is 0. The van der Waals surface area contributed by atoms with Gasteiger partial charge in [0.1, 0.15) is 5.69 Å². The van der Waals surface area contributed by atoms with E-state index in [-0.39, 0.29) is 5.91 Å². The average Bonchev–Trinajstić information content (AvgIpc) is 3.05. The minimum absolute atomic E-state index is 0.0473. The summed E-state index contributed by atoms with van der Waals surface area (Å²) in [6, 6.07) is 5.84. The molecule has 0 spiro atoms. The van der Waals surface area contributed by atoms with Gasteiger partial charge in [-0.25, -0.2) is 0 Å². The van der Waals surface area contributed by atoms with Crippen LogP contribution in [0.5, 0.6) is 0 Å². The minimum atomic E-state index is 0.0473. The van der Waals surface area contributed by atoms with E-state index in [0.717, 1.165) is 13.0 Å². The van der Waals surface area contributed by atoms with Gasteiger partial charge in [-0.1, -0.05) is 13.0 Å². The molecule has 2 N–H and O–H groups in total. The number of amides is 1. The summed E-state index contributed by atoms with van der Waals surface area (Å²) in [6.07, 6.45) is 2.82. The Morgan fingerprint density at radius 2 is 2.25 bits per heavy atom. The normalized spacial score (nSPS) is 10.7. The van der Waals surface area contributed by atoms with Crippen molar-refractivity contribution in [2.75, 3.05) is 12.3 Å². The highest BCUT2D eigenvalue weighted by molar-refractivity contribution is 7.09. The molecular formula is C15H21N3OS. The van der Waals surface area contributed by atoms with Crippen molar-refractivity contribution < 1.29 is 4.79 Å². The molecule has 2 aromatic heterocycles. The maximum atomic E-state index is 12.7. The molecule has 0 atom stereocenters. The van der Waals surface area contributed by atoms with Crippen LogP contribution in [-0.2, 0) is 13.1 Å². The Bertz CT molecular complexity index is 560. The van der Waals surface area contributed by atoms with E-state index in [4.69, 9.17) is 5.73 Å². The van der Waals surface area contributed by atoms with Gasteiger partial charge >= 0.3 is 0 Å². The summed E-state index contributed by atoms with van der Waals surface area (Å²) in [5.74, 6) is 0.0473. The second-order valence-electron chi connectivity index (χ2n) is 4.75. The van der Waals surface area contributed by atoms with E-state index in [1.807, 2.05) is 34.0 Å². The number of aromatic nitrogens is 1. The zero-order valence-corrected chi connectivity index (χ0v) is 12.8. The van der Waals surface area contributed by atoms with Gasteiger partial charge in [0.05, 0.1) is 12.2 Å². The molecule has 0 unspecified atom stereocenters. The summed E-state index contributed by atoms with van der Waals surface area (Å²) in [5, 5.41) is 2.03. The standard InChI is InChI=1S/C15H21N3OS/c1-3-7-18-10-12(16)9-14(18)15(19)17(4-2)11-13-6-5-8-20-13/h5-6,8-10H,3-4,7,11,16H2,1-2H3. The number of carbonyl (C=O) groups excluding carboxylic acids is 1. The number of rotatable bonds is 6. The molecule has 0 bridgehead atoms. The third kappa shape index (κ3) is 3.22. The lowest BCUT2D eigenvalue weighted by atomic mass is 10.3. The van der Waals surface area contributed by atoms with Crippen LogP contribution in [-0.4, -0.2) is 21.9 Å². The number of hydrogen-bond acceptors (Lipinski definition) is 3. The summed E-state index contributed by atoms with van der Waals surface area (Å²) < 4.78 is 1.95. The fourth-order valence-electron chi connectivity index (χ4n) is 2.22. The van der Waals surface area contributed by atoms with Gasteiger partial charge in [0.15, 0.2) is 0 Å². The van der Waals surface area contributed by atoms with E-state index in [1.54, 1.807) is 17.4 Å². The predicted molar refractivity (Wildman–Crippen MR) is 83.9 cm³/mol. The first-order valence-corrected chi connectivity index (χ1v) is 7.81. The zero-order chi connectivity index (χ0) is 14.5. The summed E-state index contributed by atoms with van der Waals surface area (Å²) in [4.78, 5) is 15.7. The second kappa shape index (κ2) is 6.61. The van der Waals surface area contributed by atoms with E-state index in [9.17, 15) is 4.79 Å². The molecule has 4 nitrogen and oxygen atoms in total. The van der Waals surface area contributed by atoms with Crippen molar-refractivity contribution in [2.24, 2.45) is 0 Å². The van der Waals surface area contributed by atoms with Crippen LogP contribution in [0, 0.1) is 0 Å². The van der Waals surface area contributed by atoms with Crippen LogP contribution < -0.4 is 5.73 Å². The topological polar surface area (TPSA) is 51.3 Å². The Morgan fingerprint density at radius 3 is 2.85 bits per heavy atom. The Morgan fingerprint density at radius 1 is 1.45 bits per heavy atom. The van der Waals surface area contributed by atoms with E-state index in [0.29, 0.717) is 24.5 Å². The van der Waals surface area contributed by atoms with Gasteiger partial charge in [-0.2, -0.15) is 0 Å². The highest BCUT2D eigenvalue weighted by Gasteiger charge is 2.19. The van der Waals surface area contributed by atoms with Gasteiger partial charge in [0, 0.05) is 24.2 Å². The molecule has 0 aliphatic carbocycles. The van der Waals surface area contributed by atoms with Crippen LogP contribution in [0.2, 0.25) is 0 Å². The highest BCUT2D eigenvalue weighted by Crippen LogP contribution is 2.17. The van der Waals surface area contributed by atoms with Gasteiger partial charge in [0.2, 0.25) is 0 Å². The SMILES string of the molecule is CCCn1cc(N)cc1C(=O)N(CC)Cc1cccs1. The van der Waals surface area contributed by atoms with Gasteiger partial charge in [0.25, 0.3) is 5.91 Å². The molecule has 0 radical (unpaired) electrons. The largest absolute Gasteiger partial charge is 0.397 e. The minimum Gasteiger partial charge on any atom is -0.397 e. The first-order chi connectivity index (χ1) is 9.65. The van der Waals surface area contributed by atoms with Crippen molar-refractivity contribution in [3.05, 3.63) is 40.3 Å². The monoisotopic (exact) mass is 291 g/mol. The molecule has 0 saturated heterocycles. The lowest BCUT2D eigenvalue weighted by Gasteiger charge is -2.21. The fraction of sp³-hybridized carbons (Fsp3) is 0.400. The molecule has 108 valence electrons. The third-order valence-electron chi connectivity index (χ3n) is 3.20. The quantitative estimate of drug-likeness (QED) is 0.888. The van der Waals surface area contributed by atoms with Gasteiger partial charge in [-0.05, 0) is 30.9 Å². The molecular weight excluding hydrogens is 270 g/mol. The molecule has 0 aromatic carbocycles. The smallest absolute Gasteiger partial charge is 0.270 e. The molecule has 2 rings (SSSR count). The maximum absolute atomic E-state index is 12.7. The van der Waals surface area contributed by atoms with Gasteiger partial charge in [-0.15, -0.1) is 11.3 Å². The number of nitrogen functional groups attached to an aromatic ring is 1. The zero-order valence-electron chi connectivity index (χ0n) is 12.0. The molecule has 0 aliphatic rings. The number of carbonyl (C=O) groups is 1. The van der Waals surface area contributed by atoms with Crippen LogP contribution in [0.4, 0.5) is 5.69 Å². The molecule has 20 heavy (non-hydrogen) atoms. The molecule has 5 heteroatoms. The number of anilines is 1. The van der Waals surface area contributed by atoms with E-state index < -0.39 is 0 Å². The molecule has 1 amide bonds. The molecule has 0 fully saturated rings. The van der Waals surface area contributed by atoms with Crippen LogP contribution in [0.15, 0.2) is 29.8 Å². The van der Waals surface area contributed by atoms with Crippen LogP contribution in [0.1, 0.15) is 35.6 Å². The van der Waals surface area contributed by atoms with Gasteiger partial charge in [-0.3, -0.25) is 4.79 Å². The highest BCUT2D eigenvalue weighted by atomic mass is 32.1. The summed E-state index contributed by atoms with van der Waals surface area (Å²) >= 11 is 1.67. The number of thiophene rings is 1. The van der Waals surface area contributed by atoms with Gasteiger partial charge < -0.3 is 15.2 Å².